The molecule has 0 unspecified atom stereocenters. The summed E-state index contributed by atoms with van der Waals surface area (Å²) in [5.74, 6) is -0.375. The van der Waals surface area contributed by atoms with Crippen LogP contribution in [0.3, 0.4) is 0 Å². The van der Waals surface area contributed by atoms with E-state index in [1.807, 2.05) is 20.8 Å². The van der Waals surface area contributed by atoms with Gasteiger partial charge in [-0.3, -0.25) is 9.63 Å². The Labute approximate surface area is 144 Å². The number of nitrogens with zero attached hydrogens (tertiary/aromatic N) is 2. The van der Waals surface area contributed by atoms with Crippen molar-refractivity contribution < 1.29 is 19.2 Å². The summed E-state index contributed by atoms with van der Waals surface area (Å²) >= 11 is 0. The van der Waals surface area contributed by atoms with Crippen LogP contribution in [0.4, 0.5) is 4.79 Å². The molecule has 1 N–H and O–H groups in total. The van der Waals surface area contributed by atoms with Crippen LogP contribution in [0.1, 0.15) is 46.5 Å². The molecule has 0 radical (unpaired) electrons. The van der Waals surface area contributed by atoms with E-state index in [9.17, 15) is 9.59 Å². The van der Waals surface area contributed by atoms with E-state index in [1.54, 1.807) is 4.90 Å². The van der Waals surface area contributed by atoms with Crippen molar-refractivity contribution in [2.24, 2.45) is 5.92 Å². The van der Waals surface area contributed by atoms with Crippen LogP contribution in [0, 0.1) is 5.92 Å². The van der Waals surface area contributed by atoms with Crippen LogP contribution in [0.15, 0.2) is 0 Å². The van der Waals surface area contributed by atoms with Gasteiger partial charge in [0, 0.05) is 26.2 Å². The van der Waals surface area contributed by atoms with E-state index in [0.717, 1.165) is 38.8 Å². The lowest BCUT2D eigenvalue weighted by atomic mass is 9.98. The molecule has 7 nitrogen and oxygen atoms in total. The van der Waals surface area contributed by atoms with Gasteiger partial charge in [0.15, 0.2) is 0 Å². The van der Waals surface area contributed by atoms with Crippen molar-refractivity contribution in [1.29, 1.82) is 0 Å². The molecule has 0 aromatic rings. The molecule has 2 heterocycles. The number of likely N-dealkylation sites (tertiary alicyclic amines) is 2. The molecule has 0 spiro atoms. The van der Waals surface area contributed by atoms with Crippen molar-refractivity contribution in [3.63, 3.8) is 0 Å². The molecule has 2 rings (SSSR count). The van der Waals surface area contributed by atoms with E-state index in [2.05, 4.69) is 17.4 Å². The molecule has 7 heteroatoms. The Bertz CT molecular complexity index is 442. The van der Waals surface area contributed by atoms with Crippen LogP contribution in [-0.4, -0.2) is 66.7 Å². The smallest absolute Gasteiger partial charge is 0.410 e. The van der Waals surface area contributed by atoms with Crippen molar-refractivity contribution in [1.82, 2.24) is 15.3 Å². The van der Waals surface area contributed by atoms with E-state index in [1.165, 1.54) is 0 Å². The molecule has 0 saturated carbocycles. The molecule has 2 amide bonds. The Morgan fingerprint density at radius 2 is 1.75 bits per heavy atom. The lowest BCUT2D eigenvalue weighted by Crippen LogP contribution is -2.48. The Balaban J connectivity index is 1.76. The number of ether oxygens (including phenoxy) is 1. The van der Waals surface area contributed by atoms with Gasteiger partial charge in [-0.15, -0.1) is 0 Å². The second-order valence-electron chi connectivity index (χ2n) is 7.85. The second kappa shape index (κ2) is 8.16. The van der Waals surface area contributed by atoms with Gasteiger partial charge >= 0.3 is 6.09 Å². The molecule has 1 atom stereocenters. The Morgan fingerprint density at radius 3 is 2.38 bits per heavy atom. The normalized spacial score (nSPS) is 23.8. The maximum absolute atomic E-state index is 12.3. The second-order valence-corrected chi connectivity index (χ2v) is 7.85. The fourth-order valence-electron chi connectivity index (χ4n) is 3.01. The highest BCUT2D eigenvalue weighted by molar-refractivity contribution is 5.79. The largest absolute Gasteiger partial charge is 0.444 e. The van der Waals surface area contributed by atoms with Gasteiger partial charge in [0.25, 0.3) is 0 Å². The maximum Gasteiger partial charge on any atom is 0.410 e. The number of carbonyl (C=O) groups excluding carboxylic acids is 2. The quantitative estimate of drug-likeness (QED) is 0.792. The average Bonchev–Trinajstić information content (AvgIpc) is 2.52. The molecule has 0 aliphatic carbocycles. The first-order chi connectivity index (χ1) is 11.2. The first-order valence-corrected chi connectivity index (χ1v) is 8.86. The summed E-state index contributed by atoms with van der Waals surface area (Å²) in [6, 6.07) is 0. The molecule has 2 aliphatic heterocycles. The molecule has 138 valence electrons. The summed E-state index contributed by atoms with van der Waals surface area (Å²) in [5, 5.41) is 0. The molecule has 2 fully saturated rings. The number of hydrogen-bond donors (Lipinski definition) is 1. The van der Waals surface area contributed by atoms with Crippen LogP contribution in [0.25, 0.3) is 0 Å². The average molecular weight is 341 g/mol. The fraction of sp³-hybridized carbons (Fsp3) is 0.882. The Kier molecular flexibility index (Phi) is 6.46. The zero-order chi connectivity index (χ0) is 17.7. The first-order valence-electron chi connectivity index (χ1n) is 8.86. The molecular formula is C17H31N3O4. The van der Waals surface area contributed by atoms with E-state index in [-0.39, 0.29) is 24.0 Å². The Hall–Kier alpha value is -1.34. The predicted octanol–water partition coefficient (Wildman–Crippen LogP) is 1.78. The van der Waals surface area contributed by atoms with E-state index in [4.69, 9.17) is 9.57 Å². The number of nitrogens with one attached hydrogen (secondary N) is 1. The number of hydroxylamine groups is 1. The summed E-state index contributed by atoms with van der Waals surface area (Å²) in [7, 11) is 2.09. The van der Waals surface area contributed by atoms with Gasteiger partial charge in [-0.05, 0) is 53.5 Å². The third-order valence-electron chi connectivity index (χ3n) is 4.44. The number of hydrogen-bond acceptors (Lipinski definition) is 5. The number of amides is 2. The van der Waals surface area contributed by atoms with Crippen LogP contribution < -0.4 is 5.48 Å². The van der Waals surface area contributed by atoms with Crippen LogP contribution in [-0.2, 0) is 14.4 Å². The minimum Gasteiger partial charge on any atom is -0.444 e. The Morgan fingerprint density at radius 1 is 1.08 bits per heavy atom. The molecule has 0 aromatic heterocycles. The van der Waals surface area contributed by atoms with E-state index in [0.29, 0.717) is 13.1 Å². The van der Waals surface area contributed by atoms with Gasteiger partial charge in [-0.1, -0.05) is 0 Å². The van der Waals surface area contributed by atoms with Crippen molar-refractivity contribution in [3.8, 4) is 0 Å². The van der Waals surface area contributed by atoms with Crippen molar-refractivity contribution in [2.45, 2.75) is 58.2 Å². The standard InChI is InChI=1S/C17H31N3O4/c1-17(2,3)23-16(22)20-9-5-6-13(12-20)15(21)18-24-14-7-10-19(4)11-8-14/h13-14H,5-12H2,1-4H3,(H,18,21)/t13-/m0/s1. The maximum atomic E-state index is 12.3. The lowest BCUT2D eigenvalue weighted by molar-refractivity contribution is -0.146. The summed E-state index contributed by atoms with van der Waals surface area (Å²) < 4.78 is 5.39. The molecule has 2 aliphatic rings. The van der Waals surface area contributed by atoms with Crippen LogP contribution >= 0.6 is 0 Å². The van der Waals surface area contributed by atoms with Crippen LogP contribution in [0.5, 0.6) is 0 Å². The predicted molar refractivity (Wildman–Crippen MR) is 90.3 cm³/mol. The number of rotatable bonds is 3. The minimum atomic E-state index is -0.524. The van der Waals surface area contributed by atoms with Crippen molar-refractivity contribution in [3.05, 3.63) is 0 Å². The highest BCUT2D eigenvalue weighted by atomic mass is 16.7. The summed E-state index contributed by atoms with van der Waals surface area (Å²) in [6.45, 7) is 8.51. The highest BCUT2D eigenvalue weighted by Gasteiger charge is 2.31. The van der Waals surface area contributed by atoms with Crippen LogP contribution in [0.2, 0.25) is 0 Å². The first kappa shape index (κ1) is 19.0. The summed E-state index contributed by atoms with van der Waals surface area (Å²) in [4.78, 5) is 33.9. The van der Waals surface area contributed by atoms with Gasteiger partial charge in [-0.2, -0.15) is 0 Å². The highest BCUT2D eigenvalue weighted by Crippen LogP contribution is 2.20. The monoisotopic (exact) mass is 341 g/mol. The molecule has 0 aromatic carbocycles. The SMILES string of the molecule is CN1CCC(ONC(=O)[C@H]2CCCN(C(=O)OC(C)(C)C)C2)CC1. The number of piperidine rings is 2. The van der Waals surface area contributed by atoms with E-state index >= 15 is 0 Å². The van der Waals surface area contributed by atoms with Gasteiger partial charge in [0.1, 0.15) is 5.60 Å². The third-order valence-corrected chi connectivity index (χ3v) is 4.44. The summed E-state index contributed by atoms with van der Waals surface area (Å²) in [5.41, 5.74) is 2.08. The van der Waals surface area contributed by atoms with Crippen molar-refractivity contribution in [2.75, 3.05) is 33.2 Å². The third kappa shape index (κ3) is 5.94. The lowest BCUT2D eigenvalue weighted by Gasteiger charge is -2.34. The molecule has 24 heavy (non-hydrogen) atoms. The fourth-order valence-corrected chi connectivity index (χ4v) is 3.01. The molecule has 2 saturated heterocycles. The summed E-state index contributed by atoms with van der Waals surface area (Å²) in [6.07, 6.45) is 3.14. The zero-order valence-corrected chi connectivity index (χ0v) is 15.3. The number of carbonyl (C=O) groups is 2. The topological polar surface area (TPSA) is 71.1 Å². The van der Waals surface area contributed by atoms with Gasteiger partial charge < -0.3 is 14.5 Å². The van der Waals surface area contributed by atoms with Gasteiger partial charge in [0.2, 0.25) is 5.91 Å². The zero-order valence-electron chi connectivity index (χ0n) is 15.3. The molecular weight excluding hydrogens is 310 g/mol. The van der Waals surface area contributed by atoms with Crippen molar-refractivity contribution >= 4 is 12.0 Å². The minimum absolute atomic E-state index is 0.0794. The molecule has 0 bridgehead atoms. The van der Waals surface area contributed by atoms with E-state index < -0.39 is 5.60 Å². The van der Waals surface area contributed by atoms with Gasteiger partial charge in [0.05, 0.1) is 12.0 Å². The van der Waals surface area contributed by atoms with Gasteiger partial charge in [-0.25, -0.2) is 10.3 Å².